The van der Waals surface area contributed by atoms with E-state index in [2.05, 4.69) is 0 Å². The molecule has 1 aromatic rings. The third kappa shape index (κ3) is 6.85. The van der Waals surface area contributed by atoms with Crippen molar-refractivity contribution in [3.05, 3.63) is 30.3 Å². The Bertz CT molecular complexity index is 181. The topological polar surface area (TPSA) is 46.1 Å². The van der Waals surface area contributed by atoms with Crippen LogP contribution >= 0.6 is 8.38 Å². The average Bonchev–Trinajstić information content (AvgIpc) is 1.90. The van der Waals surface area contributed by atoms with E-state index in [9.17, 15) is 9.79 Å². The zero-order valence-electron chi connectivity index (χ0n) is 6.65. The molecule has 0 heterocycles. The Labute approximate surface area is 153 Å². The summed E-state index contributed by atoms with van der Waals surface area (Å²) < 4.78 is 0. The van der Waals surface area contributed by atoms with Crippen LogP contribution in [0.4, 0.5) is 0 Å². The molecule has 1 aromatic carbocycles. The molecular formula is C6H5K2O2P. The van der Waals surface area contributed by atoms with Crippen LogP contribution in [0, 0.1) is 0 Å². The van der Waals surface area contributed by atoms with Crippen molar-refractivity contribution in [3.8, 4) is 0 Å². The molecule has 5 heteroatoms. The fourth-order valence-electron chi connectivity index (χ4n) is 0.550. The van der Waals surface area contributed by atoms with Crippen molar-refractivity contribution in [1.82, 2.24) is 0 Å². The van der Waals surface area contributed by atoms with E-state index < -0.39 is 8.38 Å². The monoisotopic (exact) mass is 218 g/mol. The van der Waals surface area contributed by atoms with Crippen molar-refractivity contribution in [1.29, 1.82) is 0 Å². The maximum atomic E-state index is 10.2. The minimum Gasteiger partial charge on any atom is -0.838 e. The average molecular weight is 218 g/mol. The molecular weight excluding hydrogens is 213 g/mol. The molecule has 1 rings (SSSR count). The van der Waals surface area contributed by atoms with E-state index >= 15 is 0 Å². The zero-order chi connectivity index (χ0) is 6.69. The zero-order valence-corrected chi connectivity index (χ0v) is 13.8. The van der Waals surface area contributed by atoms with Gasteiger partial charge in [-0.15, -0.1) is 0 Å². The van der Waals surface area contributed by atoms with E-state index in [4.69, 9.17) is 0 Å². The van der Waals surface area contributed by atoms with Crippen LogP contribution in [0.15, 0.2) is 30.3 Å². The standard InChI is InChI=1S/C6H5O2P.2K/c7-9(8)6-4-2-1-3-5-6;;/h1-5H;;/q-2;2*+1. The molecule has 0 aromatic heterocycles. The van der Waals surface area contributed by atoms with Gasteiger partial charge < -0.3 is 9.79 Å². The van der Waals surface area contributed by atoms with Gasteiger partial charge in [-0.3, -0.25) is 8.38 Å². The second kappa shape index (κ2) is 9.40. The van der Waals surface area contributed by atoms with E-state index in [1.54, 1.807) is 30.3 Å². The van der Waals surface area contributed by atoms with Gasteiger partial charge in [0.2, 0.25) is 0 Å². The van der Waals surface area contributed by atoms with Crippen molar-refractivity contribution < 1.29 is 113 Å². The molecule has 0 aliphatic heterocycles. The van der Waals surface area contributed by atoms with Crippen molar-refractivity contribution in [2.45, 2.75) is 0 Å². The summed E-state index contributed by atoms with van der Waals surface area (Å²) in [5, 5.41) is 0.368. The van der Waals surface area contributed by atoms with Crippen LogP contribution < -0.4 is 118 Å². The second-order valence-electron chi connectivity index (χ2n) is 1.59. The van der Waals surface area contributed by atoms with Gasteiger partial charge in [-0.1, -0.05) is 35.6 Å². The van der Waals surface area contributed by atoms with Gasteiger partial charge in [-0.05, 0) is 0 Å². The summed E-state index contributed by atoms with van der Waals surface area (Å²) in [4.78, 5) is 20.5. The normalized spacial score (nSPS) is 8.27. The fraction of sp³-hybridized carbons (Fsp3) is 0. The van der Waals surface area contributed by atoms with Crippen molar-refractivity contribution >= 4 is 13.7 Å². The largest absolute Gasteiger partial charge is 1.00 e. The van der Waals surface area contributed by atoms with E-state index in [-0.39, 0.29) is 103 Å². The molecule has 0 atom stereocenters. The Kier molecular flexibility index (Phi) is 13.9. The minimum absolute atomic E-state index is 0. The first-order valence-corrected chi connectivity index (χ1v) is 3.68. The molecule has 0 saturated carbocycles. The molecule has 0 spiro atoms. The molecule has 0 bridgehead atoms. The summed E-state index contributed by atoms with van der Waals surface area (Å²) in [6.07, 6.45) is 0. The van der Waals surface area contributed by atoms with Crippen LogP contribution in [-0.2, 0) is 0 Å². The first-order valence-electron chi connectivity index (χ1n) is 2.50. The van der Waals surface area contributed by atoms with Crippen LogP contribution in [0.25, 0.3) is 0 Å². The molecule has 48 valence electrons. The molecule has 0 aliphatic rings. The number of benzene rings is 1. The summed E-state index contributed by atoms with van der Waals surface area (Å²) in [6, 6.07) is 8.29. The summed E-state index contributed by atoms with van der Waals surface area (Å²) in [6.45, 7) is 0. The van der Waals surface area contributed by atoms with E-state index in [1.165, 1.54) is 0 Å². The van der Waals surface area contributed by atoms with Crippen LogP contribution in [0.5, 0.6) is 0 Å². The summed E-state index contributed by atoms with van der Waals surface area (Å²) >= 11 is 0. The Hall–Kier alpha value is 2.84. The SMILES string of the molecule is [K+].[K+].[O-]P([O-])c1ccccc1. The van der Waals surface area contributed by atoms with E-state index in [0.717, 1.165) is 0 Å². The van der Waals surface area contributed by atoms with Crippen molar-refractivity contribution in [3.63, 3.8) is 0 Å². The molecule has 0 radical (unpaired) electrons. The fourth-order valence-corrected chi connectivity index (χ4v) is 0.965. The molecule has 0 saturated heterocycles. The van der Waals surface area contributed by atoms with Gasteiger partial charge in [0.15, 0.2) is 0 Å². The van der Waals surface area contributed by atoms with Gasteiger partial charge >= 0.3 is 103 Å². The Morgan fingerprint density at radius 2 is 1.36 bits per heavy atom. The van der Waals surface area contributed by atoms with Crippen molar-refractivity contribution in [2.75, 3.05) is 0 Å². The molecule has 11 heavy (non-hydrogen) atoms. The number of hydrogen-bond acceptors (Lipinski definition) is 2. The molecule has 0 amide bonds. The molecule has 0 aliphatic carbocycles. The maximum Gasteiger partial charge on any atom is 1.00 e. The molecule has 2 nitrogen and oxygen atoms in total. The van der Waals surface area contributed by atoms with Gasteiger partial charge in [-0.25, -0.2) is 0 Å². The molecule has 0 fully saturated rings. The predicted octanol–water partition coefficient (Wildman–Crippen LogP) is -6.65. The van der Waals surface area contributed by atoms with Gasteiger partial charge in [0.1, 0.15) is 0 Å². The van der Waals surface area contributed by atoms with Gasteiger partial charge in [0, 0.05) is 0 Å². The smallest absolute Gasteiger partial charge is 0.838 e. The van der Waals surface area contributed by atoms with E-state index in [1.807, 2.05) is 0 Å². The maximum absolute atomic E-state index is 10.2. The Morgan fingerprint density at radius 1 is 0.909 bits per heavy atom. The Morgan fingerprint density at radius 3 is 1.64 bits per heavy atom. The quantitative estimate of drug-likeness (QED) is 0.347. The minimum atomic E-state index is -2.40. The van der Waals surface area contributed by atoms with Crippen LogP contribution in [0.3, 0.4) is 0 Å². The molecule has 0 N–H and O–H groups in total. The number of rotatable bonds is 1. The van der Waals surface area contributed by atoms with Crippen LogP contribution in [0.1, 0.15) is 0 Å². The second-order valence-corrected chi connectivity index (χ2v) is 2.62. The summed E-state index contributed by atoms with van der Waals surface area (Å²) in [5.74, 6) is 0. The number of hydrogen-bond donors (Lipinski definition) is 0. The van der Waals surface area contributed by atoms with Gasteiger partial charge in [-0.2, -0.15) is 0 Å². The first kappa shape index (κ1) is 16.3. The first-order chi connectivity index (χ1) is 4.30. The van der Waals surface area contributed by atoms with Crippen LogP contribution in [0.2, 0.25) is 0 Å². The third-order valence-electron chi connectivity index (χ3n) is 0.967. The molecule has 0 unspecified atom stereocenters. The van der Waals surface area contributed by atoms with E-state index in [0.29, 0.717) is 5.30 Å². The van der Waals surface area contributed by atoms with Crippen LogP contribution in [-0.4, -0.2) is 0 Å². The van der Waals surface area contributed by atoms with Gasteiger partial charge in [0.05, 0.1) is 0 Å². The predicted molar refractivity (Wildman–Crippen MR) is 33.0 cm³/mol. The summed E-state index contributed by atoms with van der Waals surface area (Å²) in [7, 11) is -2.40. The van der Waals surface area contributed by atoms with Gasteiger partial charge in [0.25, 0.3) is 0 Å². The Balaban J connectivity index is 0. The third-order valence-corrected chi connectivity index (χ3v) is 1.69. The summed E-state index contributed by atoms with van der Waals surface area (Å²) in [5.41, 5.74) is 0. The van der Waals surface area contributed by atoms with Crippen molar-refractivity contribution in [2.24, 2.45) is 0 Å².